The molecule has 0 spiro atoms. The lowest BCUT2D eigenvalue weighted by Gasteiger charge is -2.34. The summed E-state index contributed by atoms with van der Waals surface area (Å²) >= 11 is 0. The highest BCUT2D eigenvalue weighted by molar-refractivity contribution is 7.72. The molecule has 13 nitrogen and oxygen atoms in total. The van der Waals surface area contributed by atoms with Gasteiger partial charge in [-0.3, -0.25) is 18.7 Å². The number of rotatable bonds is 12. The largest absolute Gasteiger partial charge is 0.478 e. The third-order valence-electron chi connectivity index (χ3n) is 4.42. The Balaban J connectivity index is 2.55. The van der Waals surface area contributed by atoms with E-state index in [4.69, 9.17) is 30.4 Å². The zero-order chi connectivity index (χ0) is 24.0. The monoisotopic (exact) mass is 482 g/mol. The van der Waals surface area contributed by atoms with Crippen molar-refractivity contribution in [3.05, 3.63) is 35.4 Å². The molecule has 31 heavy (non-hydrogen) atoms. The Morgan fingerprint density at radius 1 is 1.00 bits per heavy atom. The van der Waals surface area contributed by atoms with Gasteiger partial charge in [-0.2, -0.15) is 0 Å². The van der Waals surface area contributed by atoms with Crippen molar-refractivity contribution in [2.75, 3.05) is 6.54 Å². The normalized spacial score (nSPS) is 13.5. The predicted octanol–water partition coefficient (Wildman–Crippen LogP) is -0.427. The number of nitrogens with one attached hydrogen (secondary N) is 1. The van der Waals surface area contributed by atoms with Gasteiger partial charge in [-0.15, -0.1) is 0 Å². The van der Waals surface area contributed by atoms with Crippen LogP contribution in [-0.2, 0) is 13.9 Å². The molecule has 0 saturated heterocycles. The second kappa shape index (κ2) is 10.6. The second-order valence-corrected chi connectivity index (χ2v) is 10.6. The minimum absolute atomic E-state index is 0.0809. The van der Waals surface area contributed by atoms with Crippen LogP contribution >= 0.6 is 15.2 Å². The predicted molar refractivity (Wildman–Crippen MR) is 106 cm³/mol. The maximum absolute atomic E-state index is 12.1. The first-order chi connectivity index (χ1) is 14.1. The van der Waals surface area contributed by atoms with E-state index in [0.717, 1.165) is 0 Å². The van der Waals surface area contributed by atoms with Crippen molar-refractivity contribution in [2.24, 2.45) is 5.73 Å². The molecule has 1 rings (SSSR count). The molecule has 9 N–H and O–H groups in total. The van der Waals surface area contributed by atoms with Gasteiger partial charge < -0.3 is 40.8 Å². The molecule has 1 unspecified atom stereocenters. The molecule has 0 bridgehead atoms. The lowest BCUT2D eigenvalue weighted by atomic mass is 10.1. The zero-order valence-corrected chi connectivity index (χ0v) is 17.9. The van der Waals surface area contributed by atoms with Gasteiger partial charge in [-0.1, -0.05) is 12.1 Å². The van der Waals surface area contributed by atoms with Crippen LogP contribution < -0.4 is 11.1 Å². The standard InChI is InChI=1S/C16H24N2O11P2/c17-13(16(23,30(24,25)26)31(27,28)29)7-3-4-10(19)8-9-18-14(20)11-5-1-2-6-12(11)15(21)22/h1-2,5-6,13,23H,3-4,7-9,17H2,(H,18,20)(H,21,22)(H2,24,25,26)(H2,27,28,29). The Labute approximate surface area is 176 Å². The topological polar surface area (TPSA) is 245 Å². The van der Waals surface area contributed by atoms with E-state index in [1.807, 2.05) is 0 Å². The van der Waals surface area contributed by atoms with Crippen molar-refractivity contribution in [1.29, 1.82) is 0 Å². The van der Waals surface area contributed by atoms with Crippen molar-refractivity contribution in [3.8, 4) is 0 Å². The summed E-state index contributed by atoms with van der Waals surface area (Å²) in [7, 11) is -11.4. The van der Waals surface area contributed by atoms with E-state index < -0.39 is 50.4 Å². The van der Waals surface area contributed by atoms with Crippen LogP contribution in [-0.4, -0.2) is 65.1 Å². The van der Waals surface area contributed by atoms with E-state index >= 15 is 0 Å². The lowest BCUT2D eigenvalue weighted by molar-refractivity contribution is -0.119. The second-order valence-electron chi connectivity index (χ2n) is 6.67. The molecule has 0 aromatic heterocycles. The van der Waals surface area contributed by atoms with Crippen molar-refractivity contribution >= 4 is 32.9 Å². The molecule has 1 amide bonds. The first kappa shape index (κ1) is 27.1. The summed E-state index contributed by atoms with van der Waals surface area (Å²) in [5.74, 6) is -2.39. The number of carboxylic acid groups (broad SMARTS) is 1. The Morgan fingerprint density at radius 3 is 2.00 bits per heavy atom. The molecular formula is C16H24N2O11P2. The van der Waals surface area contributed by atoms with Crippen molar-refractivity contribution in [1.82, 2.24) is 5.32 Å². The van der Waals surface area contributed by atoms with E-state index in [1.165, 1.54) is 24.3 Å². The highest BCUT2D eigenvalue weighted by Crippen LogP contribution is 2.68. The van der Waals surface area contributed by atoms with Gasteiger partial charge in [0, 0.05) is 19.4 Å². The molecule has 0 aliphatic carbocycles. The molecule has 1 aromatic rings. The van der Waals surface area contributed by atoms with Crippen molar-refractivity contribution in [3.63, 3.8) is 0 Å². The summed E-state index contributed by atoms with van der Waals surface area (Å²) in [6, 6.07) is 3.49. The molecule has 15 heteroatoms. The number of ketones is 1. The Hall–Kier alpha value is -1.95. The molecule has 0 saturated carbocycles. The number of nitrogens with two attached hydrogens (primary N) is 1. The molecule has 0 radical (unpaired) electrons. The summed E-state index contributed by atoms with van der Waals surface area (Å²) in [4.78, 5) is 71.5. The average Bonchev–Trinajstić information content (AvgIpc) is 2.65. The highest BCUT2D eigenvalue weighted by atomic mass is 31.2. The number of carboxylic acids is 1. The maximum atomic E-state index is 12.1. The van der Waals surface area contributed by atoms with Gasteiger partial charge in [0.1, 0.15) is 5.78 Å². The van der Waals surface area contributed by atoms with Crippen LogP contribution in [0.5, 0.6) is 0 Å². The van der Waals surface area contributed by atoms with Crippen LogP contribution in [0.15, 0.2) is 24.3 Å². The Kier molecular flexibility index (Phi) is 9.24. The third kappa shape index (κ3) is 6.76. The summed E-state index contributed by atoms with van der Waals surface area (Å²) in [6.07, 6.45) is -0.972. The van der Waals surface area contributed by atoms with Gasteiger partial charge in [0.15, 0.2) is 0 Å². The number of hydrogen-bond acceptors (Lipinski definition) is 7. The minimum atomic E-state index is -5.71. The third-order valence-corrected chi connectivity index (χ3v) is 8.36. The summed E-state index contributed by atoms with van der Waals surface area (Å²) in [5, 5.41) is 17.6. The molecule has 0 fully saturated rings. The van der Waals surface area contributed by atoms with Crippen molar-refractivity contribution < 1.29 is 53.3 Å². The van der Waals surface area contributed by atoms with Crippen LogP contribution in [0.25, 0.3) is 0 Å². The van der Waals surface area contributed by atoms with Gasteiger partial charge in [-0.05, 0) is 25.0 Å². The summed E-state index contributed by atoms with van der Waals surface area (Å²) in [6.45, 7) is -0.118. The maximum Gasteiger partial charge on any atom is 0.371 e. The minimum Gasteiger partial charge on any atom is -0.478 e. The zero-order valence-electron chi connectivity index (χ0n) is 16.1. The fourth-order valence-electron chi connectivity index (χ4n) is 2.72. The molecule has 1 atom stereocenters. The molecule has 174 valence electrons. The van der Waals surface area contributed by atoms with E-state index in [0.29, 0.717) is 0 Å². The van der Waals surface area contributed by atoms with Crippen LogP contribution in [0.1, 0.15) is 46.4 Å². The Morgan fingerprint density at radius 2 is 1.52 bits per heavy atom. The molecule has 1 aromatic carbocycles. The fourth-order valence-corrected chi connectivity index (χ4v) is 5.20. The van der Waals surface area contributed by atoms with Gasteiger partial charge >= 0.3 is 21.2 Å². The van der Waals surface area contributed by atoms with Gasteiger partial charge in [0.05, 0.1) is 17.2 Å². The number of Topliss-reactive ketones (excluding diaryl/α,β-unsaturated/α-hetero) is 1. The molecule has 0 aliphatic rings. The van der Waals surface area contributed by atoms with Gasteiger partial charge in [0.2, 0.25) is 0 Å². The average molecular weight is 482 g/mol. The number of carbonyl (C=O) groups is 3. The first-order valence-electron chi connectivity index (χ1n) is 8.84. The van der Waals surface area contributed by atoms with E-state index in [2.05, 4.69) is 5.32 Å². The van der Waals surface area contributed by atoms with Gasteiger partial charge in [-0.25, -0.2) is 4.79 Å². The van der Waals surface area contributed by atoms with E-state index in [9.17, 15) is 28.6 Å². The smallest absolute Gasteiger partial charge is 0.371 e. The van der Waals surface area contributed by atoms with Crippen LogP contribution in [0.2, 0.25) is 0 Å². The number of aromatic carboxylic acids is 1. The first-order valence-corrected chi connectivity index (χ1v) is 12.1. The number of amides is 1. The fraction of sp³-hybridized carbons (Fsp3) is 0.438. The number of carbonyl (C=O) groups excluding carboxylic acids is 2. The highest BCUT2D eigenvalue weighted by Gasteiger charge is 2.63. The molecular weight excluding hydrogens is 458 g/mol. The molecule has 0 aliphatic heterocycles. The van der Waals surface area contributed by atoms with Crippen LogP contribution in [0.3, 0.4) is 0 Å². The Bertz CT molecular complexity index is 902. The summed E-state index contributed by atoms with van der Waals surface area (Å²) < 4.78 is 22.7. The van der Waals surface area contributed by atoms with Gasteiger partial charge in [0.25, 0.3) is 11.0 Å². The number of benzene rings is 1. The van der Waals surface area contributed by atoms with Crippen molar-refractivity contribution in [2.45, 2.75) is 36.8 Å². The van der Waals surface area contributed by atoms with Crippen LogP contribution in [0.4, 0.5) is 0 Å². The quantitative estimate of drug-likeness (QED) is 0.177. The number of hydrogen-bond donors (Lipinski definition) is 8. The molecule has 0 heterocycles. The summed E-state index contributed by atoms with van der Waals surface area (Å²) in [5.41, 5.74) is 5.12. The SMILES string of the molecule is NC(CCCC(=O)CCNC(=O)c1ccccc1C(=O)O)C(O)(P(=O)(O)O)P(=O)(O)O. The van der Waals surface area contributed by atoms with E-state index in [1.54, 1.807) is 0 Å². The lowest BCUT2D eigenvalue weighted by Crippen LogP contribution is -2.47. The van der Waals surface area contributed by atoms with Crippen LogP contribution in [0, 0.1) is 0 Å². The number of aliphatic hydroxyl groups is 1. The van der Waals surface area contributed by atoms with E-state index in [-0.39, 0.29) is 36.9 Å².